The summed E-state index contributed by atoms with van der Waals surface area (Å²) in [6, 6.07) is 4.02. The number of nitrogens with zero attached hydrogens (tertiary/aromatic N) is 3. The highest BCUT2D eigenvalue weighted by atomic mass is 15.0. The predicted molar refractivity (Wildman–Crippen MR) is 82.8 cm³/mol. The molecule has 4 heteroatoms. The smallest absolute Gasteiger partial charge is 0.131 e. The molecule has 2 aromatic heterocycles. The van der Waals surface area contributed by atoms with E-state index in [2.05, 4.69) is 41.0 Å². The van der Waals surface area contributed by atoms with Crippen LogP contribution in [0.1, 0.15) is 38.1 Å². The fourth-order valence-corrected chi connectivity index (χ4v) is 2.05. The minimum Gasteiger partial charge on any atom is -0.370 e. The van der Waals surface area contributed by atoms with Gasteiger partial charge in [0.2, 0.25) is 0 Å². The third kappa shape index (κ3) is 3.53. The molecule has 0 fully saturated rings. The Morgan fingerprint density at radius 3 is 2.70 bits per heavy atom. The van der Waals surface area contributed by atoms with Crippen LogP contribution in [0.15, 0.2) is 24.5 Å². The second-order valence-electron chi connectivity index (χ2n) is 4.92. The van der Waals surface area contributed by atoms with Crippen molar-refractivity contribution in [3.63, 3.8) is 0 Å². The van der Waals surface area contributed by atoms with Crippen molar-refractivity contribution < 1.29 is 0 Å². The Kier molecular flexibility index (Phi) is 5.04. The van der Waals surface area contributed by atoms with Gasteiger partial charge in [-0.25, -0.2) is 9.97 Å². The monoisotopic (exact) mass is 270 g/mol. The molecule has 1 N–H and O–H groups in total. The van der Waals surface area contributed by atoms with Gasteiger partial charge in [0.1, 0.15) is 11.6 Å². The van der Waals surface area contributed by atoms with Gasteiger partial charge in [-0.3, -0.25) is 4.98 Å². The van der Waals surface area contributed by atoms with Crippen LogP contribution >= 0.6 is 0 Å². The number of nitrogens with one attached hydrogen (secondary N) is 1. The van der Waals surface area contributed by atoms with Crippen molar-refractivity contribution in [1.29, 1.82) is 0 Å². The van der Waals surface area contributed by atoms with E-state index in [9.17, 15) is 0 Å². The molecule has 2 heterocycles. The first-order valence-electron chi connectivity index (χ1n) is 7.27. The number of pyridine rings is 1. The van der Waals surface area contributed by atoms with E-state index < -0.39 is 0 Å². The van der Waals surface area contributed by atoms with Crippen molar-refractivity contribution in [3.8, 4) is 11.3 Å². The van der Waals surface area contributed by atoms with Crippen LogP contribution in [-0.2, 0) is 6.42 Å². The van der Waals surface area contributed by atoms with Crippen molar-refractivity contribution in [2.45, 2.75) is 40.0 Å². The molecule has 0 unspecified atom stereocenters. The summed E-state index contributed by atoms with van der Waals surface area (Å²) in [7, 11) is 0. The van der Waals surface area contributed by atoms with Crippen LogP contribution in [0.3, 0.4) is 0 Å². The van der Waals surface area contributed by atoms with Crippen molar-refractivity contribution in [2.24, 2.45) is 0 Å². The van der Waals surface area contributed by atoms with Gasteiger partial charge in [-0.2, -0.15) is 0 Å². The molecule has 0 aliphatic carbocycles. The minimum absolute atomic E-state index is 0.895. The summed E-state index contributed by atoms with van der Waals surface area (Å²) in [5.74, 6) is 1.80. The van der Waals surface area contributed by atoms with E-state index >= 15 is 0 Å². The first-order chi connectivity index (χ1) is 9.74. The molecule has 0 bridgehead atoms. The van der Waals surface area contributed by atoms with Gasteiger partial charge >= 0.3 is 0 Å². The van der Waals surface area contributed by atoms with E-state index in [-0.39, 0.29) is 0 Å². The van der Waals surface area contributed by atoms with E-state index in [1.54, 1.807) is 0 Å². The van der Waals surface area contributed by atoms with Crippen LogP contribution in [0, 0.1) is 6.92 Å². The molecule has 0 atom stereocenters. The molecule has 0 saturated carbocycles. The Hall–Kier alpha value is -1.97. The Bertz CT molecular complexity index is 566. The molecule has 106 valence electrons. The third-order valence-corrected chi connectivity index (χ3v) is 3.12. The molecule has 0 radical (unpaired) electrons. The first-order valence-corrected chi connectivity index (χ1v) is 7.27. The number of aromatic nitrogens is 3. The Labute approximate surface area is 120 Å². The molecule has 0 aliphatic heterocycles. The molecule has 0 spiro atoms. The van der Waals surface area contributed by atoms with E-state index in [4.69, 9.17) is 0 Å². The summed E-state index contributed by atoms with van der Waals surface area (Å²) in [4.78, 5) is 13.5. The molecule has 0 saturated heterocycles. The van der Waals surface area contributed by atoms with Crippen LogP contribution in [0.2, 0.25) is 0 Å². The molecular weight excluding hydrogens is 248 g/mol. The van der Waals surface area contributed by atoms with Crippen molar-refractivity contribution in [3.05, 3.63) is 35.9 Å². The standard InChI is InChI=1S/C16H22N4/c1-4-6-15-19-14(10-16(20-15)18-8-5-2)13-11-17-9-7-12(13)3/h7,9-11H,4-6,8H2,1-3H3,(H,18,19,20). The largest absolute Gasteiger partial charge is 0.370 e. The maximum absolute atomic E-state index is 4.67. The van der Waals surface area contributed by atoms with Crippen LogP contribution < -0.4 is 5.32 Å². The zero-order valence-electron chi connectivity index (χ0n) is 12.5. The molecule has 0 amide bonds. The van der Waals surface area contributed by atoms with Gasteiger partial charge in [0.25, 0.3) is 0 Å². The molecular formula is C16H22N4. The maximum atomic E-state index is 4.67. The van der Waals surface area contributed by atoms with Crippen LogP contribution in [0.4, 0.5) is 5.82 Å². The lowest BCUT2D eigenvalue weighted by molar-refractivity contribution is 0.833. The molecule has 0 aliphatic rings. The quantitative estimate of drug-likeness (QED) is 0.871. The zero-order chi connectivity index (χ0) is 14.4. The van der Waals surface area contributed by atoms with E-state index in [0.29, 0.717) is 0 Å². The van der Waals surface area contributed by atoms with Gasteiger partial charge in [0.15, 0.2) is 0 Å². The number of rotatable bonds is 6. The summed E-state index contributed by atoms with van der Waals surface area (Å²) < 4.78 is 0. The summed E-state index contributed by atoms with van der Waals surface area (Å²) in [5.41, 5.74) is 3.21. The van der Waals surface area contributed by atoms with Crippen molar-refractivity contribution >= 4 is 5.82 Å². The second-order valence-corrected chi connectivity index (χ2v) is 4.92. The summed E-state index contributed by atoms with van der Waals surface area (Å²) in [6.07, 6.45) is 6.70. The van der Waals surface area contributed by atoms with Crippen LogP contribution in [-0.4, -0.2) is 21.5 Å². The van der Waals surface area contributed by atoms with E-state index in [1.165, 1.54) is 5.56 Å². The molecule has 20 heavy (non-hydrogen) atoms. The zero-order valence-corrected chi connectivity index (χ0v) is 12.5. The maximum Gasteiger partial charge on any atom is 0.131 e. The van der Waals surface area contributed by atoms with Gasteiger partial charge in [0, 0.05) is 37.0 Å². The lowest BCUT2D eigenvalue weighted by Crippen LogP contribution is -2.06. The number of aryl methyl sites for hydroxylation is 2. The fourth-order valence-electron chi connectivity index (χ4n) is 2.05. The number of hydrogen-bond donors (Lipinski definition) is 1. The Balaban J connectivity index is 2.40. The highest BCUT2D eigenvalue weighted by Gasteiger charge is 2.08. The predicted octanol–water partition coefficient (Wildman–Crippen LogP) is 3.62. The van der Waals surface area contributed by atoms with Gasteiger partial charge in [-0.1, -0.05) is 13.8 Å². The molecule has 0 aromatic carbocycles. The second kappa shape index (κ2) is 6.98. The van der Waals surface area contributed by atoms with E-state index in [0.717, 1.165) is 48.7 Å². The van der Waals surface area contributed by atoms with Gasteiger partial charge in [0.05, 0.1) is 5.69 Å². The third-order valence-electron chi connectivity index (χ3n) is 3.12. The van der Waals surface area contributed by atoms with Crippen molar-refractivity contribution in [2.75, 3.05) is 11.9 Å². The van der Waals surface area contributed by atoms with Crippen LogP contribution in [0.25, 0.3) is 11.3 Å². The number of hydrogen-bond acceptors (Lipinski definition) is 4. The fraction of sp³-hybridized carbons (Fsp3) is 0.438. The lowest BCUT2D eigenvalue weighted by atomic mass is 10.1. The van der Waals surface area contributed by atoms with Crippen LogP contribution in [0.5, 0.6) is 0 Å². The first kappa shape index (κ1) is 14.4. The summed E-state index contributed by atoms with van der Waals surface area (Å²) >= 11 is 0. The lowest BCUT2D eigenvalue weighted by Gasteiger charge is -2.10. The summed E-state index contributed by atoms with van der Waals surface area (Å²) in [5, 5.41) is 3.35. The van der Waals surface area contributed by atoms with Gasteiger partial charge in [-0.05, 0) is 31.4 Å². The Morgan fingerprint density at radius 1 is 1.15 bits per heavy atom. The average Bonchev–Trinajstić information content (AvgIpc) is 2.46. The molecule has 4 nitrogen and oxygen atoms in total. The van der Waals surface area contributed by atoms with Crippen molar-refractivity contribution in [1.82, 2.24) is 15.0 Å². The SMILES string of the molecule is CCCNc1cc(-c2cnccc2C)nc(CCC)n1. The van der Waals surface area contributed by atoms with Gasteiger partial charge < -0.3 is 5.32 Å². The topological polar surface area (TPSA) is 50.7 Å². The van der Waals surface area contributed by atoms with E-state index in [1.807, 2.05) is 24.5 Å². The molecule has 2 aromatic rings. The Morgan fingerprint density at radius 2 is 2.00 bits per heavy atom. The number of anilines is 1. The highest BCUT2D eigenvalue weighted by molar-refractivity contribution is 5.65. The molecule has 2 rings (SSSR count). The summed E-state index contributed by atoms with van der Waals surface area (Å²) in [6.45, 7) is 7.30. The van der Waals surface area contributed by atoms with Gasteiger partial charge in [-0.15, -0.1) is 0 Å². The average molecular weight is 270 g/mol. The normalized spacial score (nSPS) is 10.6. The highest BCUT2D eigenvalue weighted by Crippen LogP contribution is 2.22. The minimum atomic E-state index is 0.895.